The quantitative estimate of drug-likeness (QED) is 0.596. The molecule has 1 fully saturated rings. The van der Waals surface area contributed by atoms with Gasteiger partial charge in [0.1, 0.15) is 0 Å². The van der Waals surface area contributed by atoms with Gasteiger partial charge in [-0.2, -0.15) is 0 Å². The van der Waals surface area contributed by atoms with Gasteiger partial charge >= 0.3 is 12.0 Å². The lowest BCUT2D eigenvalue weighted by Gasteiger charge is -2.36. The van der Waals surface area contributed by atoms with Gasteiger partial charge in [-0.1, -0.05) is 42.5 Å². The topological polar surface area (TPSA) is 86.9 Å². The molecule has 1 saturated heterocycles. The average Bonchev–Trinajstić information content (AvgIpc) is 2.68. The van der Waals surface area contributed by atoms with Crippen LogP contribution in [0.3, 0.4) is 0 Å². The van der Waals surface area contributed by atoms with Crippen molar-refractivity contribution in [3.8, 4) is 0 Å². The van der Waals surface area contributed by atoms with Crippen LogP contribution in [0, 0.1) is 10.1 Å². The second kappa shape index (κ2) is 8.64. The number of hydrogen-bond donors (Lipinski definition) is 1. The van der Waals surface area contributed by atoms with Gasteiger partial charge in [0.15, 0.2) is 0 Å². The number of para-hydroxylation sites is 1. The first-order valence-electron chi connectivity index (χ1n) is 9.02. The Morgan fingerprint density at radius 2 is 1.67 bits per heavy atom. The molecule has 0 radical (unpaired) electrons. The molecule has 7 heteroatoms. The number of carboxylic acids is 1. The van der Waals surface area contributed by atoms with Crippen molar-refractivity contribution in [3.05, 3.63) is 75.8 Å². The van der Waals surface area contributed by atoms with E-state index in [9.17, 15) is 14.9 Å². The number of nitro groups is 1. The molecule has 2 aromatic carbocycles. The van der Waals surface area contributed by atoms with Gasteiger partial charge in [-0.15, -0.1) is 0 Å². The summed E-state index contributed by atoms with van der Waals surface area (Å²) in [6.07, 6.45) is 0.835. The lowest BCUT2D eigenvalue weighted by molar-refractivity contribution is -0.516. The minimum Gasteiger partial charge on any atom is -0.476 e. The Bertz CT molecular complexity index is 758. The standard InChI is InChI=1S/C20H23N3O4/c24-20(25)19(23(26)27)17-8-6-16(7-9-17)10-11-21-12-14-22(15-13-21)18-4-2-1-3-5-18/h1-9,19H,10-15H2,(H,24,25). The third kappa shape index (κ3) is 4.83. The summed E-state index contributed by atoms with van der Waals surface area (Å²) in [4.78, 5) is 26.0. The first kappa shape index (κ1) is 18.8. The van der Waals surface area contributed by atoms with E-state index in [0.29, 0.717) is 0 Å². The van der Waals surface area contributed by atoms with E-state index < -0.39 is 16.9 Å². The van der Waals surface area contributed by atoms with Crippen molar-refractivity contribution >= 4 is 11.7 Å². The molecule has 1 atom stereocenters. The molecular weight excluding hydrogens is 346 g/mol. The highest BCUT2D eigenvalue weighted by atomic mass is 16.6. The number of piperazine rings is 1. The number of aliphatic carboxylic acids is 1. The van der Waals surface area contributed by atoms with Crippen molar-refractivity contribution in [2.75, 3.05) is 37.6 Å². The van der Waals surface area contributed by atoms with Gasteiger partial charge in [0, 0.05) is 48.9 Å². The monoisotopic (exact) mass is 369 g/mol. The summed E-state index contributed by atoms with van der Waals surface area (Å²) >= 11 is 0. The van der Waals surface area contributed by atoms with Crippen molar-refractivity contribution in [3.63, 3.8) is 0 Å². The molecule has 0 saturated carbocycles. The fourth-order valence-corrected chi connectivity index (χ4v) is 3.38. The Morgan fingerprint density at radius 3 is 2.22 bits per heavy atom. The van der Waals surface area contributed by atoms with Crippen LogP contribution >= 0.6 is 0 Å². The van der Waals surface area contributed by atoms with Crippen LogP contribution in [0.15, 0.2) is 54.6 Å². The molecular formula is C20H23N3O4. The zero-order valence-electron chi connectivity index (χ0n) is 15.0. The SMILES string of the molecule is O=C(O)C(c1ccc(CCN2CCN(c3ccccc3)CC2)cc1)[N+](=O)[O-]. The molecule has 2 aromatic rings. The number of benzene rings is 2. The smallest absolute Gasteiger partial charge is 0.384 e. The van der Waals surface area contributed by atoms with E-state index in [0.717, 1.165) is 44.7 Å². The second-order valence-electron chi connectivity index (χ2n) is 6.68. The van der Waals surface area contributed by atoms with Gasteiger partial charge in [-0.05, 0) is 24.1 Å². The Balaban J connectivity index is 1.50. The zero-order valence-corrected chi connectivity index (χ0v) is 15.0. The molecule has 0 bridgehead atoms. The molecule has 1 aliphatic heterocycles. The molecule has 0 aromatic heterocycles. The molecule has 7 nitrogen and oxygen atoms in total. The summed E-state index contributed by atoms with van der Waals surface area (Å²) in [5.74, 6) is -1.44. The van der Waals surface area contributed by atoms with Crippen LogP contribution in [0.2, 0.25) is 0 Å². The fourth-order valence-electron chi connectivity index (χ4n) is 3.38. The lowest BCUT2D eigenvalue weighted by Crippen LogP contribution is -2.46. The van der Waals surface area contributed by atoms with Crippen LogP contribution in [0.1, 0.15) is 17.2 Å². The Labute approximate surface area is 158 Å². The molecule has 1 N–H and O–H groups in total. The maximum Gasteiger partial charge on any atom is 0.384 e. The van der Waals surface area contributed by atoms with Crippen LogP contribution in [-0.2, 0) is 11.2 Å². The van der Waals surface area contributed by atoms with Crippen molar-refractivity contribution in [2.45, 2.75) is 12.5 Å². The number of carbonyl (C=O) groups is 1. The van der Waals surface area contributed by atoms with Crippen LogP contribution in [0.25, 0.3) is 0 Å². The number of nitrogens with zero attached hydrogens (tertiary/aromatic N) is 3. The summed E-state index contributed by atoms with van der Waals surface area (Å²) < 4.78 is 0. The van der Waals surface area contributed by atoms with Crippen molar-refractivity contribution in [1.82, 2.24) is 4.90 Å². The Hall–Kier alpha value is -2.93. The fraction of sp³-hybridized carbons (Fsp3) is 0.350. The van der Waals surface area contributed by atoms with Crippen LogP contribution in [0.4, 0.5) is 5.69 Å². The van der Waals surface area contributed by atoms with Crippen LogP contribution < -0.4 is 4.90 Å². The summed E-state index contributed by atoms with van der Waals surface area (Å²) in [6.45, 7) is 4.89. The number of anilines is 1. The van der Waals surface area contributed by atoms with Crippen LogP contribution in [0.5, 0.6) is 0 Å². The molecule has 0 amide bonds. The van der Waals surface area contributed by atoms with Crippen molar-refractivity contribution in [1.29, 1.82) is 0 Å². The third-order valence-corrected chi connectivity index (χ3v) is 4.95. The maximum atomic E-state index is 11.0. The van der Waals surface area contributed by atoms with Crippen molar-refractivity contribution < 1.29 is 14.8 Å². The van der Waals surface area contributed by atoms with E-state index in [1.807, 2.05) is 6.07 Å². The third-order valence-electron chi connectivity index (χ3n) is 4.95. The van der Waals surface area contributed by atoms with Crippen LogP contribution in [-0.4, -0.2) is 53.6 Å². The van der Waals surface area contributed by atoms with Gasteiger partial charge in [0.25, 0.3) is 0 Å². The van der Waals surface area contributed by atoms with E-state index in [4.69, 9.17) is 5.11 Å². The highest BCUT2D eigenvalue weighted by Gasteiger charge is 2.31. The predicted molar refractivity (Wildman–Crippen MR) is 103 cm³/mol. The molecule has 0 spiro atoms. The summed E-state index contributed by atoms with van der Waals surface area (Å²) in [6, 6.07) is 15.4. The van der Waals surface area contributed by atoms with Crippen molar-refractivity contribution in [2.24, 2.45) is 0 Å². The molecule has 0 aliphatic carbocycles. The minimum absolute atomic E-state index is 0.202. The summed E-state index contributed by atoms with van der Waals surface area (Å²) in [5, 5.41) is 19.9. The number of hydrogen-bond acceptors (Lipinski definition) is 5. The molecule has 1 heterocycles. The van der Waals surface area contributed by atoms with E-state index in [2.05, 4.69) is 34.1 Å². The maximum absolute atomic E-state index is 11.0. The van der Waals surface area contributed by atoms with E-state index >= 15 is 0 Å². The van der Waals surface area contributed by atoms with Gasteiger partial charge in [-0.3, -0.25) is 15.0 Å². The Kier molecular flexibility index (Phi) is 6.03. The molecule has 3 rings (SSSR count). The molecule has 1 unspecified atom stereocenters. The number of rotatable bonds is 7. The summed E-state index contributed by atoms with van der Waals surface area (Å²) in [5.41, 5.74) is 2.51. The van der Waals surface area contributed by atoms with Gasteiger partial charge < -0.3 is 10.0 Å². The van der Waals surface area contributed by atoms with E-state index in [1.54, 1.807) is 24.3 Å². The highest BCUT2D eigenvalue weighted by molar-refractivity contribution is 5.74. The predicted octanol–water partition coefficient (Wildman–Crippen LogP) is 2.45. The van der Waals surface area contributed by atoms with E-state index in [-0.39, 0.29) is 5.56 Å². The average molecular weight is 369 g/mol. The lowest BCUT2D eigenvalue weighted by atomic mass is 10.0. The first-order chi connectivity index (χ1) is 13.0. The number of carboxylic acid groups (broad SMARTS) is 1. The molecule has 27 heavy (non-hydrogen) atoms. The normalized spacial score (nSPS) is 16.1. The largest absolute Gasteiger partial charge is 0.476 e. The van der Waals surface area contributed by atoms with Gasteiger partial charge in [-0.25, -0.2) is 4.79 Å². The van der Waals surface area contributed by atoms with E-state index in [1.165, 1.54) is 5.69 Å². The highest BCUT2D eigenvalue weighted by Crippen LogP contribution is 2.19. The van der Waals surface area contributed by atoms with Gasteiger partial charge in [0.2, 0.25) is 0 Å². The summed E-state index contributed by atoms with van der Waals surface area (Å²) in [7, 11) is 0. The first-order valence-corrected chi connectivity index (χ1v) is 9.02. The minimum atomic E-state index is -1.70. The molecule has 142 valence electrons. The van der Waals surface area contributed by atoms with Gasteiger partial charge in [0.05, 0.1) is 0 Å². The zero-order chi connectivity index (χ0) is 19.2. The second-order valence-corrected chi connectivity index (χ2v) is 6.68. The molecule has 1 aliphatic rings. The Morgan fingerprint density at radius 1 is 1.04 bits per heavy atom.